The number of aliphatic hydroxyl groups is 1. The number of hydrogen-bond donors (Lipinski definition) is 2. The van der Waals surface area contributed by atoms with Gasteiger partial charge in [0.25, 0.3) is 0 Å². The second kappa shape index (κ2) is 6.22. The molecule has 0 heterocycles. The van der Waals surface area contributed by atoms with Gasteiger partial charge in [0.05, 0.1) is 13.7 Å². The van der Waals surface area contributed by atoms with Gasteiger partial charge in [-0.05, 0) is 17.7 Å². The Balaban J connectivity index is 2.67. The van der Waals surface area contributed by atoms with Gasteiger partial charge in [0.1, 0.15) is 11.8 Å². The first-order valence-corrected chi connectivity index (χ1v) is 5.32. The third-order valence-corrected chi connectivity index (χ3v) is 2.44. The van der Waals surface area contributed by atoms with Gasteiger partial charge in [-0.25, -0.2) is 0 Å². The number of methoxy groups -OCH3 is 1. The van der Waals surface area contributed by atoms with Crippen LogP contribution >= 0.6 is 0 Å². The molecule has 94 valence electrons. The van der Waals surface area contributed by atoms with Crippen LogP contribution in [0.2, 0.25) is 0 Å². The van der Waals surface area contributed by atoms with Crippen LogP contribution in [0.5, 0.6) is 5.75 Å². The molecule has 0 fully saturated rings. The van der Waals surface area contributed by atoms with Crippen molar-refractivity contribution in [2.45, 2.75) is 12.6 Å². The number of nitrogens with zero attached hydrogens (tertiary/aromatic N) is 1. The molecule has 0 aromatic heterocycles. The van der Waals surface area contributed by atoms with E-state index >= 15 is 0 Å². The molecule has 1 aromatic carbocycles. The monoisotopic (exact) mass is 238 g/mol. The minimum Gasteiger partial charge on any atom is -0.497 e. The Bertz CT molecular complexity index is 382. The Kier molecular flexibility index (Phi) is 4.93. The highest BCUT2D eigenvalue weighted by Crippen LogP contribution is 2.13. The van der Waals surface area contributed by atoms with Crippen molar-refractivity contribution in [2.24, 2.45) is 5.73 Å². The maximum absolute atomic E-state index is 11.6. The molecule has 0 bridgehead atoms. The van der Waals surface area contributed by atoms with E-state index < -0.39 is 6.04 Å². The first kappa shape index (κ1) is 13.5. The zero-order valence-electron chi connectivity index (χ0n) is 10.1. The fourth-order valence-electron chi connectivity index (χ4n) is 1.48. The van der Waals surface area contributed by atoms with Crippen molar-refractivity contribution in [1.82, 2.24) is 4.90 Å². The van der Waals surface area contributed by atoms with E-state index in [1.54, 1.807) is 14.2 Å². The number of carbonyl (C=O) groups excluding carboxylic acids is 1. The number of benzene rings is 1. The number of aliphatic hydroxyl groups excluding tert-OH is 1. The lowest BCUT2D eigenvalue weighted by Crippen LogP contribution is -2.43. The van der Waals surface area contributed by atoms with Gasteiger partial charge >= 0.3 is 0 Å². The zero-order valence-corrected chi connectivity index (χ0v) is 10.1. The number of hydrogen-bond acceptors (Lipinski definition) is 4. The van der Waals surface area contributed by atoms with Crippen molar-refractivity contribution in [3.8, 4) is 5.75 Å². The Labute approximate surface area is 101 Å². The van der Waals surface area contributed by atoms with Gasteiger partial charge in [-0.15, -0.1) is 0 Å². The van der Waals surface area contributed by atoms with E-state index in [9.17, 15) is 4.79 Å². The third kappa shape index (κ3) is 3.72. The molecule has 1 amide bonds. The average molecular weight is 238 g/mol. The lowest BCUT2D eigenvalue weighted by molar-refractivity contribution is -0.132. The van der Waals surface area contributed by atoms with Crippen LogP contribution in [0.25, 0.3) is 0 Å². The Morgan fingerprint density at radius 3 is 2.88 bits per heavy atom. The fourth-order valence-corrected chi connectivity index (χ4v) is 1.48. The number of nitrogens with two attached hydrogens (primary N) is 1. The second-order valence-electron chi connectivity index (χ2n) is 3.83. The minimum absolute atomic E-state index is 0.282. The van der Waals surface area contributed by atoms with Crippen molar-refractivity contribution in [3.63, 3.8) is 0 Å². The molecule has 0 saturated carbocycles. The largest absolute Gasteiger partial charge is 0.497 e. The molecule has 1 aromatic rings. The van der Waals surface area contributed by atoms with Gasteiger partial charge < -0.3 is 20.5 Å². The van der Waals surface area contributed by atoms with E-state index in [2.05, 4.69) is 0 Å². The van der Waals surface area contributed by atoms with Gasteiger partial charge in [-0.3, -0.25) is 4.79 Å². The van der Waals surface area contributed by atoms with E-state index in [1.165, 1.54) is 4.90 Å². The lowest BCUT2D eigenvalue weighted by atomic mass is 10.2. The standard InChI is InChI=1S/C12H18N2O3/c1-14(12(16)11(13)8-15)7-9-4-3-5-10(6-9)17-2/h3-6,11,15H,7-8,13H2,1-2H3. The molecule has 0 radical (unpaired) electrons. The van der Waals surface area contributed by atoms with Crippen LogP contribution in [0.4, 0.5) is 0 Å². The summed E-state index contributed by atoms with van der Waals surface area (Å²) in [6, 6.07) is 6.60. The summed E-state index contributed by atoms with van der Waals surface area (Å²) in [5.41, 5.74) is 6.41. The summed E-state index contributed by atoms with van der Waals surface area (Å²) >= 11 is 0. The maximum Gasteiger partial charge on any atom is 0.241 e. The molecule has 1 atom stereocenters. The molecular formula is C12H18N2O3. The van der Waals surface area contributed by atoms with Crippen LogP contribution in [0, 0.1) is 0 Å². The van der Waals surface area contributed by atoms with Crippen molar-refractivity contribution in [3.05, 3.63) is 29.8 Å². The van der Waals surface area contributed by atoms with Crippen molar-refractivity contribution < 1.29 is 14.6 Å². The molecule has 1 rings (SSSR count). The third-order valence-electron chi connectivity index (χ3n) is 2.44. The highest BCUT2D eigenvalue weighted by Gasteiger charge is 2.16. The summed E-state index contributed by atoms with van der Waals surface area (Å²) in [6.45, 7) is 0.0883. The number of ether oxygens (including phenoxy) is 1. The highest BCUT2D eigenvalue weighted by molar-refractivity contribution is 5.81. The normalized spacial score (nSPS) is 12.0. The summed E-state index contributed by atoms with van der Waals surface area (Å²) in [7, 11) is 3.24. The van der Waals surface area contributed by atoms with Crippen LogP contribution in [0.3, 0.4) is 0 Å². The Hall–Kier alpha value is -1.59. The lowest BCUT2D eigenvalue weighted by Gasteiger charge is -2.20. The summed E-state index contributed by atoms with van der Waals surface area (Å²) in [5, 5.41) is 8.81. The van der Waals surface area contributed by atoms with Gasteiger partial charge in [0, 0.05) is 13.6 Å². The van der Waals surface area contributed by atoms with E-state index in [0.717, 1.165) is 11.3 Å². The Morgan fingerprint density at radius 1 is 1.59 bits per heavy atom. The molecule has 17 heavy (non-hydrogen) atoms. The van der Waals surface area contributed by atoms with Gasteiger partial charge in [0.15, 0.2) is 0 Å². The number of rotatable bonds is 5. The predicted octanol–water partition coefficient (Wildman–Crippen LogP) is -0.0268. The fraction of sp³-hybridized carbons (Fsp3) is 0.417. The number of likely N-dealkylation sites (N-methyl/N-ethyl adjacent to an activating group) is 1. The highest BCUT2D eigenvalue weighted by atomic mass is 16.5. The smallest absolute Gasteiger partial charge is 0.241 e. The quantitative estimate of drug-likeness (QED) is 0.755. The minimum atomic E-state index is -0.856. The first-order chi connectivity index (χ1) is 8.08. The second-order valence-corrected chi connectivity index (χ2v) is 3.83. The molecular weight excluding hydrogens is 220 g/mol. The summed E-state index contributed by atoms with van der Waals surface area (Å²) < 4.78 is 5.10. The van der Waals surface area contributed by atoms with E-state index in [1.807, 2.05) is 24.3 Å². The maximum atomic E-state index is 11.6. The van der Waals surface area contributed by atoms with Crippen LogP contribution in [-0.2, 0) is 11.3 Å². The van der Waals surface area contributed by atoms with E-state index in [-0.39, 0.29) is 12.5 Å². The average Bonchev–Trinajstić information content (AvgIpc) is 2.37. The molecule has 3 N–H and O–H groups in total. The topological polar surface area (TPSA) is 75.8 Å². The predicted molar refractivity (Wildman–Crippen MR) is 64.5 cm³/mol. The summed E-state index contributed by atoms with van der Waals surface area (Å²) in [4.78, 5) is 13.1. The van der Waals surface area contributed by atoms with Crippen molar-refractivity contribution >= 4 is 5.91 Å². The van der Waals surface area contributed by atoms with Crippen LogP contribution in [0.1, 0.15) is 5.56 Å². The van der Waals surface area contributed by atoms with E-state index in [4.69, 9.17) is 15.6 Å². The van der Waals surface area contributed by atoms with Crippen LogP contribution < -0.4 is 10.5 Å². The molecule has 1 unspecified atom stereocenters. The molecule has 0 aliphatic rings. The summed E-state index contributed by atoms with van der Waals surface area (Å²) in [5.74, 6) is 0.463. The number of carbonyl (C=O) groups is 1. The van der Waals surface area contributed by atoms with Gasteiger partial charge in [-0.2, -0.15) is 0 Å². The van der Waals surface area contributed by atoms with E-state index in [0.29, 0.717) is 6.54 Å². The van der Waals surface area contributed by atoms with Crippen molar-refractivity contribution in [1.29, 1.82) is 0 Å². The molecule has 0 aliphatic carbocycles. The zero-order chi connectivity index (χ0) is 12.8. The molecule has 0 aliphatic heterocycles. The first-order valence-electron chi connectivity index (χ1n) is 5.32. The molecule has 0 spiro atoms. The number of amides is 1. The molecule has 5 heteroatoms. The van der Waals surface area contributed by atoms with Gasteiger partial charge in [0.2, 0.25) is 5.91 Å². The molecule has 5 nitrogen and oxygen atoms in total. The Morgan fingerprint density at radius 2 is 2.29 bits per heavy atom. The summed E-state index contributed by atoms with van der Waals surface area (Å²) in [6.07, 6.45) is 0. The van der Waals surface area contributed by atoms with Crippen molar-refractivity contribution in [2.75, 3.05) is 20.8 Å². The van der Waals surface area contributed by atoms with Crippen LogP contribution in [-0.4, -0.2) is 42.7 Å². The van der Waals surface area contributed by atoms with Gasteiger partial charge in [-0.1, -0.05) is 12.1 Å². The SMILES string of the molecule is COc1cccc(CN(C)C(=O)C(N)CO)c1. The van der Waals surface area contributed by atoms with Crippen LogP contribution in [0.15, 0.2) is 24.3 Å². The molecule has 0 saturated heterocycles.